The Labute approximate surface area is 212 Å². The van der Waals surface area contributed by atoms with Crippen molar-refractivity contribution in [1.29, 1.82) is 0 Å². The van der Waals surface area contributed by atoms with Gasteiger partial charge >= 0.3 is 0 Å². The zero-order valence-corrected chi connectivity index (χ0v) is 20.5. The van der Waals surface area contributed by atoms with Gasteiger partial charge in [0.25, 0.3) is 5.91 Å². The largest absolute Gasteiger partial charge is 0.484 e. The zero-order chi connectivity index (χ0) is 25.4. The summed E-state index contributed by atoms with van der Waals surface area (Å²) < 4.78 is 5.31. The van der Waals surface area contributed by atoms with Crippen molar-refractivity contribution in [3.63, 3.8) is 0 Å². The number of carbonyl (C=O) groups excluding carboxylic acids is 2. The van der Waals surface area contributed by atoms with Crippen molar-refractivity contribution in [2.45, 2.75) is 25.9 Å². The Morgan fingerprint density at radius 2 is 1.47 bits per heavy atom. The molecule has 5 N–H and O–H groups in total. The molecule has 7 nitrogen and oxygen atoms in total. The highest BCUT2D eigenvalue weighted by Crippen LogP contribution is 2.31. The molecule has 1 fully saturated rings. The first-order chi connectivity index (χ1) is 17.5. The minimum Gasteiger partial charge on any atom is -0.484 e. The molecule has 1 aliphatic rings. The molecule has 188 valence electrons. The molecule has 0 aliphatic carbocycles. The summed E-state index contributed by atoms with van der Waals surface area (Å²) in [5.74, 6) is 0.129. The van der Waals surface area contributed by atoms with Gasteiger partial charge in [0.2, 0.25) is 5.91 Å². The predicted octanol–water partition coefficient (Wildman–Crippen LogP) is 3.08. The second-order valence-electron chi connectivity index (χ2n) is 9.41. The van der Waals surface area contributed by atoms with Gasteiger partial charge in [0.1, 0.15) is 5.75 Å². The molecule has 1 heterocycles. The summed E-state index contributed by atoms with van der Waals surface area (Å²) in [6.45, 7) is 3.31. The highest BCUT2D eigenvalue weighted by molar-refractivity contribution is 5.83. The molecule has 3 aromatic carbocycles. The number of hydrogen-bond donors (Lipinski definition) is 3. The van der Waals surface area contributed by atoms with Crippen LogP contribution in [0.3, 0.4) is 0 Å². The number of nitrogens with one attached hydrogen (secondary N) is 1. The smallest absolute Gasteiger partial charge is 0.255 e. The van der Waals surface area contributed by atoms with Crippen molar-refractivity contribution >= 4 is 11.8 Å². The molecule has 0 spiro atoms. The van der Waals surface area contributed by atoms with Crippen LogP contribution in [0.1, 0.15) is 24.0 Å². The van der Waals surface area contributed by atoms with E-state index in [4.69, 9.17) is 16.2 Å². The van der Waals surface area contributed by atoms with Gasteiger partial charge in [-0.25, -0.2) is 0 Å². The summed E-state index contributed by atoms with van der Waals surface area (Å²) in [4.78, 5) is 26.4. The molecular weight excluding hydrogens is 452 g/mol. The fourth-order valence-electron chi connectivity index (χ4n) is 4.59. The average molecular weight is 487 g/mol. The minimum atomic E-state index is -0.508. The van der Waals surface area contributed by atoms with Crippen LogP contribution >= 0.6 is 0 Å². The number of benzene rings is 3. The number of rotatable bonds is 10. The summed E-state index contributed by atoms with van der Waals surface area (Å²) in [6, 6.07) is 26.0. The van der Waals surface area contributed by atoms with Crippen molar-refractivity contribution in [2.24, 2.45) is 16.9 Å². The Hall–Kier alpha value is -3.68. The Morgan fingerprint density at radius 3 is 2.06 bits per heavy atom. The highest BCUT2D eigenvalue weighted by atomic mass is 16.5. The molecule has 2 amide bonds. The summed E-state index contributed by atoms with van der Waals surface area (Å²) in [7, 11) is 0. The summed E-state index contributed by atoms with van der Waals surface area (Å²) >= 11 is 0. The zero-order valence-electron chi connectivity index (χ0n) is 20.5. The number of likely N-dealkylation sites (tertiary alicyclic amines) is 1. The van der Waals surface area contributed by atoms with E-state index in [1.54, 1.807) is 0 Å². The van der Waals surface area contributed by atoms with Gasteiger partial charge in [-0.05, 0) is 60.3 Å². The van der Waals surface area contributed by atoms with Crippen LogP contribution in [-0.2, 0) is 22.7 Å². The quantitative estimate of drug-likeness (QED) is 0.408. The normalized spacial score (nSPS) is 15.2. The molecule has 0 bridgehead atoms. The third kappa shape index (κ3) is 6.50. The maximum absolute atomic E-state index is 13.2. The Kier molecular flexibility index (Phi) is 8.36. The van der Waals surface area contributed by atoms with Crippen molar-refractivity contribution in [1.82, 2.24) is 10.2 Å². The van der Waals surface area contributed by atoms with E-state index in [0.717, 1.165) is 49.2 Å². The van der Waals surface area contributed by atoms with Gasteiger partial charge in [-0.15, -0.1) is 0 Å². The lowest BCUT2D eigenvalue weighted by molar-refractivity contribution is -0.133. The van der Waals surface area contributed by atoms with Crippen LogP contribution in [0.15, 0.2) is 78.9 Å². The second kappa shape index (κ2) is 11.8. The lowest BCUT2D eigenvalue weighted by Gasteiger charge is -2.40. The maximum Gasteiger partial charge on any atom is 0.255 e. The van der Waals surface area contributed by atoms with Crippen LogP contribution in [-0.4, -0.2) is 43.0 Å². The van der Waals surface area contributed by atoms with E-state index in [1.807, 2.05) is 54.6 Å². The topological polar surface area (TPSA) is 111 Å². The summed E-state index contributed by atoms with van der Waals surface area (Å²) in [5, 5.41) is 3.12. The Balaban J connectivity index is 1.28. The lowest BCUT2D eigenvalue weighted by Crippen LogP contribution is -2.52. The van der Waals surface area contributed by atoms with Gasteiger partial charge in [0, 0.05) is 19.6 Å². The van der Waals surface area contributed by atoms with Crippen LogP contribution < -0.4 is 21.5 Å². The van der Waals surface area contributed by atoms with E-state index in [2.05, 4.69) is 34.5 Å². The van der Waals surface area contributed by atoms with E-state index >= 15 is 0 Å². The number of ether oxygens (including phenoxy) is 1. The fraction of sp³-hybridized carbons (Fsp3) is 0.310. The molecule has 7 heteroatoms. The third-order valence-corrected chi connectivity index (χ3v) is 6.91. The average Bonchev–Trinajstić information content (AvgIpc) is 2.92. The van der Waals surface area contributed by atoms with Gasteiger partial charge in [0.15, 0.2) is 6.61 Å². The minimum absolute atomic E-state index is 0.0417. The number of primary amides is 1. The number of hydrogen-bond acceptors (Lipinski definition) is 5. The van der Waals surface area contributed by atoms with Gasteiger partial charge in [-0.2, -0.15) is 0 Å². The van der Waals surface area contributed by atoms with Crippen molar-refractivity contribution in [2.75, 3.05) is 26.2 Å². The van der Waals surface area contributed by atoms with Crippen LogP contribution in [0, 0.1) is 5.41 Å². The number of piperidine rings is 1. The van der Waals surface area contributed by atoms with Crippen molar-refractivity contribution in [3.05, 3.63) is 90.0 Å². The summed E-state index contributed by atoms with van der Waals surface area (Å²) in [6.07, 6.45) is 1.53. The molecule has 0 aromatic heterocycles. The molecule has 1 aliphatic heterocycles. The molecule has 0 radical (unpaired) electrons. The predicted molar refractivity (Wildman–Crippen MR) is 141 cm³/mol. The molecule has 4 rings (SSSR count). The second-order valence-corrected chi connectivity index (χ2v) is 9.41. The SMILES string of the molecule is NCC1(C(=O)NCc2ccc(-c3ccc(OCC(N)=O)cc3)cc2)CCN(Cc2ccccc2)CC1. The van der Waals surface area contributed by atoms with Crippen LogP contribution in [0.5, 0.6) is 5.75 Å². The van der Waals surface area contributed by atoms with E-state index in [-0.39, 0.29) is 12.5 Å². The van der Waals surface area contributed by atoms with Gasteiger partial charge in [0.05, 0.1) is 5.41 Å². The van der Waals surface area contributed by atoms with Crippen molar-refractivity contribution < 1.29 is 14.3 Å². The summed E-state index contributed by atoms with van der Waals surface area (Å²) in [5.41, 5.74) is 15.1. The fourth-order valence-corrected chi connectivity index (χ4v) is 4.59. The van der Waals surface area contributed by atoms with Gasteiger partial charge < -0.3 is 21.5 Å². The van der Waals surface area contributed by atoms with Gasteiger partial charge in [-0.3, -0.25) is 14.5 Å². The van der Waals surface area contributed by atoms with E-state index in [1.165, 1.54) is 5.56 Å². The number of carbonyl (C=O) groups is 2. The maximum atomic E-state index is 13.2. The Bertz CT molecular complexity index is 1140. The van der Waals surface area contributed by atoms with Gasteiger partial charge in [-0.1, -0.05) is 66.7 Å². The molecule has 0 saturated carbocycles. The first kappa shape index (κ1) is 25.4. The monoisotopic (exact) mass is 486 g/mol. The van der Waals surface area contributed by atoms with Crippen LogP contribution in [0.2, 0.25) is 0 Å². The third-order valence-electron chi connectivity index (χ3n) is 6.91. The standard InChI is InChI=1S/C29H34N4O3/c30-21-29(14-16-33(17-15-29)19-23-4-2-1-3-5-23)28(35)32-18-22-6-8-24(9-7-22)25-10-12-26(13-11-25)36-20-27(31)34/h1-13H,14-21,30H2,(H2,31,34)(H,32,35). The van der Waals surface area contributed by atoms with Crippen molar-refractivity contribution in [3.8, 4) is 16.9 Å². The van der Waals surface area contributed by atoms with Crippen LogP contribution in [0.4, 0.5) is 0 Å². The lowest BCUT2D eigenvalue weighted by atomic mass is 9.77. The number of nitrogens with two attached hydrogens (primary N) is 2. The first-order valence-corrected chi connectivity index (χ1v) is 12.3. The molecule has 1 saturated heterocycles. The Morgan fingerprint density at radius 1 is 0.861 bits per heavy atom. The van der Waals surface area contributed by atoms with E-state index in [9.17, 15) is 9.59 Å². The number of nitrogens with zero attached hydrogens (tertiary/aromatic N) is 1. The number of amides is 2. The molecule has 0 atom stereocenters. The first-order valence-electron chi connectivity index (χ1n) is 12.3. The van der Waals surface area contributed by atoms with E-state index < -0.39 is 11.3 Å². The molecule has 36 heavy (non-hydrogen) atoms. The highest BCUT2D eigenvalue weighted by Gasteiger charge is 2.40. The molecule has 0 unspecified atom stereocenters. The molecule has 3 aromatic rings. The molecular formula is C29H34N4O3. The van der Waals surface area contributed by atoms with Crippen LogP contribution in [0.25, 0.3) is 11.1 Å². The van der Waals surface area contributed by atoms with E-state index in [0.29, 0.717) is 18.8 Å².